The Hall–Kier alpha value is 0.0349. The third-order valence-electron chi connectivity index (χ3n) is 5.93. The molecule has 0 radical (unpaired) electrons. The third kappa shape index (κ3) is 6.30. The number of nitrogens with two attached hydrogens (primary N) is 1. The first-order valence-electron chi connectivity index (χ1n) is 9.93. The van der Waals surface area contributed by atoms with E-state index in [2.05, 4.69) is 60.2 Å². The van der Waals surface area contributed by atoms with Crippen LogP contribution < -0.4 is 5.73 Å². The first-order chi connectivity index (χ1) is 11.7. The van der Waals surface area contributed by atoms with Gasteiger partial charge in [-0.15, -0.1) is 0 Å². The molecule has 2 rings (SSSR count). The second-order valence-corrected chi connectivity index (χ2v) is 7.83. The van der Waals surface area contributed by atoms with Gasteiger partial charge in [0.1, 0.15) is 0 Å². The molecule has 1 aliphatic carbocycles. The minimum Gasteiger partial charge on any atom is -0.400 e. The molecule has 5 heteroatoms. The molecule has 0 aromatic carbocycles. The molecule has 1 aliphatic heterocycles. The van der Waals surface area contributed by atoms with Gasteiger partial charge in [0.05, 0.1) is 11.2 Å². The zero-order chi connectivity index (χ0) is 19.8. The van der Waals surface area contributed by atoms with Crippen molar-refractivity contribution in [3.63, 3.8) is 0 Å². The highest BCUT2D eigenvalue weighted by atomic mass is 32.1. The van der Waals surface area contributed by atoms with Crippen LogP contribution in [0.3, 0.4) is 0 Å². The molecule has 1 saturated heterocycles. The summed E-state index contributed by atoms with van der Waals surface area (Å²) in [5, 5.41) is 0. The van der Waals surface area contributed by atoms with Crippen molar-refractivity contribution in [2.45, 2.75) is 98.3 Å². The van der Waals surface area contributed by atoms with E-state index in [1.54, 1.807) is 6.26 Å². The van der Waals surface area contributed by atoms with E-state index >= 15 is 0 Å². The van der Waals surface area contributed by atoms with E-state index in [-0.39, 0.29) is 18.3 Å². The normalized spacial score (nSPS) is 26.4. The molecule has 0 bridgehead atoms. The number of hydrogen-bond acceptors (Lipinski definition) is 4. The highest BCUT2D eigenvalue weighted by Crippen LogP contribution is 2.41. The summed E-state index contributed by atoms with van der Waals surface area (Å²) < 4.78 is 12.3. The predicted octanol–water partition coefficient (Wildman–Crippen LogP) is 5.29. The molecule has 0 saturated carbocycles. The molecule has 0 spiro atoms. The molecule has 148 valence electrons. The second kappa shape index (κ2) is 11.0. The molecule has 0 amide bonds. The minimum absolute atomic E-state index is 0.161. The predicted molar refractivity (Wildman–Crippen MR) is 115 cm³/mol. The van der Waals surface area contributed by atoms with Crippen molar-refractivity contribution in [3.8, 4) is 0 Å². The van der Waals surface area contributed by atoms with Crippen LogP contribution in [0.25, 0.3) is 0 Å². The van der Waals surface area contributed by atoms with E-state index in [1.807, 2.05) is 13.8 Å². The maximum Gasteiger partial charge on any atom is 0.490 e. The molecule has 0 aromatic rings. The zero-order valence-corrected chi connectivity index (χ0v) is 19.0. The first-order valence-corrected chi connectivity index (χ1v) is 10.8. The Morgan fingerprint density at radius 3 is 2.04 bits per heavy atom. The summed E-state index contributed by atoms with van der Waals surface area (Å²) in [6.45, 7) is 16.9. The third-order valence-corrected chi connectivity index (χ3v) is 5.93. The SMILES string of the molecule is CC.CCC(N)C(C)C1CC=C(B2OC(C)(C)C(C)(C)O2)CC1.CS. The Kier molecular flexibility index (Phi) is 11.0. The van der Waals surface area contributed by atoms with Crippen molar-refractivity contribution in [1.29, 1.82) is 0 Å². The highest BCUT2D eigenvalue weighted by molar-refractivity contribution is 7.79. The van der Waals surface area contributed by atoms with Gasteiger partial charge in [0.15, 0.2) is 0 Å². The van der Waals surface area contributed by atoms with Gasteiger partial charge in [0, 0.05) is 6.04 Å². The molecule has 25 heavy (non-hydrogen) atoms. The fraction of sp³-hybridized carbons (Fsp3) is 0.900. The van der Waals surface area contributed by atoms with Gasteiger partial charge in [-0.25, -0.2) is 0 Å². The Morgan fingerprint density at radius 1 is 1.20 bits per heavy atom. The van der Waals surface area contributed by atoms with Crippen LogP contribution >= 0.6 is 12.6 Å². The number of thiol groups is 1. The van der Waals surface area contributed by atoms with E-state index in [9.17, 15) is 0 Å². The van der Waals surface area contributed by atoms with E-state index < -0.39 is 0 Å². The van der Waals surface area contributed by atoms with Crippen LogP contribution in [-0.4, -0.2) is 30.6 Å². The maximum atomic E-state index is 6.21. The number of hydrogen-bond donors (Lipinski definition) is 2. The summed E-state index contributed by atoms with van der Waals surface area (Å²) in [5.74, 6) is 1.29. The summed E-state index contributed by atoms with van der Waals surface area (Å²) in [7, 11) is -0.161. The van der Waals surface area contributed by atoms with Gasteiger partial charge >= 0.3 is 7.12 Å². The Balaban J connectivity index is 0.00000134. The van der Waals surface area contributed by atoms with Gasteiger partial charge in [-0.1, -0.05) is 33.8 Å². The molecule has 1 heterocycles. The lowest BCUT2D eigenvalue weighted by atomic mass is 9.68. The highest BCUT2D eigenvalue weighted by Gasteiger charge is 2.52. The first kappa shape index (κ1) is 25.0. The van der Waals surface area contributed by atoms with Gasteiger partial charge in [-0.3, -0.25) is 0 Å². The zero-order valence-electron chi connectivity index (χ0n) is 18.1. The van der Waals surface area contributed by atoms with Gasteiger partial charge < -0.3 is 15.0 Å². The fourth-order valence-electron chi connectivity index (χ4n) is 3.28. The molecule has 3 atom stereocenters. The fourth-order valence-corrected chi connectivity index (χ4v) is 3.28. The van der Waals surface area contributed by atoms with Crippen LogP contribution in [0.2, 0.25) is 0 Å². The van der Waals surface area contributed by atoms with Crippen LogP contribution in [0.1, 0.15) is 81.1 Å². The Bertz CT molecular complexity index is 397. The van der Waals surface area contributed by atoms with E-state index in [0.29, 0.717) is 17.9 Å². The van der Waals surface area contributed by atoms with Crippen LogP contribution in [0.4, 0.5) is 0 Å². The monoisotopic (exact) mass is 371 g/mol. The van der Waals surface area contributed by atoms with Crippen molar-refractivity contribution >= 4 is 19.7 Å². The largest absolute Gasteiger partial charge is 0.490 e. The number of allylic oxidation sites excluding steroid dienone is 2. The lowest BCUT2D eigenvalue weighted by molar-refractivity contribution is 0.00578. The van der Waals surface area contributed by atoms with E-state index in [1.165, 1.54) is 11.9 Å². The van der Waals surface area contributed by atoms with Crippen molar-refractivity contribution < 1.29 is 9.31 Å². The second-order valence-electron chi connectivity index (χ2n) is 7.83. The van der Waals surface area contributed by atoms with E-state index in [4.69, 9.17) is 15.0 Å². The summed E-state index contributed by atoms with van der Waals surface area (Å²) >= 11 is 3.53. The molecule has 2 aliphatic rings. The van der Waals surface area contributed by atoms with Crippen molar-refractivity contribution in [1.82, 2.24) is 0 Å². The molecular weight excluding hydrogens is 329 g/mol. The standard InChI is InChI=1S/C17H32BNO2.C2H6.CH4S/c1-7-15(19)12(2)13-8-10-14(11-9-13)18-20-16(3,4)17(5,6)21-18;2*1-2/h10,12-13,15H,7-9,11,19H2,1-6H3;1-2H3;2H,1H3. The van der Waals surface area contributed by atoms with Crippen LogP contribution in [0.15, 0.2) is 11.5 Å². The average molecular weight is 371 g/mol. The maximum absolute atomic E-state index is 6.21. The summed E-state index contributed by atoms with van der Waals surface area (Å²) in [4.78, 5) is 0. The van der Waals surface area contributed by atoms with Gasteiger partial charge in [-0.2, -0.15) is 12.6 Å². The summed E-state index contributed by atoms with van der Waals surface area (Å²) in [6, 6.07) is 0.321. The molecule has 0 aromatic heterocycles. The van der Waals surface area contributed by atoms with Crippen LogP contribution in [0.5, 0.6) is 0 Å². The van der Waals surface area contributed by atoms with Crippen molar-refractivity contribution in [2.75, 3.05) is 6.26 Å². The minimum atomic E-state index is -0.243. The molecule has 2 N–H and O–H groups in total. The summed E-state index contributed by atoms with van der Waals surface area (Å²) in [6.07, 6.45) is 8.47. The van der Waals surface area contributed by atoms with Gasteiger partial charge in [-0.05, 0) is 76.9 Å². The average Bonchev–Trinajstić information content (AvgIpc) is 2.85. The topological polar surface area (TPSA) is 44.5 Å². The Morgan fingerprint density at radius 2 is 1.68 bits per heavy atom. The number of rotatable bonds is 4. The smallest absolute Gasteiger partial charge is 0.400 e. The molecule has 3 nitrogen and oxygen atoms in total. The lowest BCUT2D eigenvalue weighted by Crippen LogP contribution is -2.41. The van der Waals surface area contributed by atoms with Crippen molar-refractivity contribution in [3.05, 3.63) is 11.5 Å². The van der Waals surface area contributed by atoms with Gasteiger partial charge in [0.2, 0.25) is 0 Å². The van der Waals surface area contributed by atoms with Crippen molar-refractivity contribution in [2.24, 2.45) is 17.6 Å². The molecule has 3 unspecified atom stereocenters. The van der Waals surface area contributed by atoms with Crippen LogP contribution in [-0.2, 0) is 9.31 Å². The molecule has 1 fully saturated rings. The summed E-state index contributed by atoms with van der Waals surface area (Å²) in [5.41, 5.74) is 7.04. The van der Waals surface area contributed by atoms with Gasteiger partial charge in [0.25, 0.3) is 0 Å². The van der Waals surface area contributed by atoms with Crippen LogP contribution in [0, 0.1) is 11.8 Å². The van der Waals surface area contributed by atoms with E-state index in [0.717, 1.165) is 19.3 Å². The Labute approximate surface area is 163 Å². The lowest BCUT2D eigenvalue weighted by Gasteiger charge is -2.32. The molecular formula is C20H42BNO2S. The quantitative estimate of drug-likeness (QED) is 0.521.